The maximum atomic E-state index is 11.7. The molecular formula is C12H16NOS. The summed E-state index contributed by atoms with van der Waals surface area (Å²) in [6.07, 6.45) is 3.77. The summed E-state index contributed by atoms with van der Waals surface area (Å²) in [4.78, 5) is 12.3. The third-order valence-corrected chi connectivity index (χ3v) is 2.71. The molecule has 0 aliphatic rings. The quantitative estimate of drug-likeness (QED) is 0.470. The standard InChI is InChI=1S/C12H16NOS/c1-2-3-4-5-11(14)9-6-7-12(15)10(13)8-9/h6-8H,2-5,13H2,1H3. The number of hydrogen-bond donors (Lipinski definition) is 1. The van der Waals surface area contributed by atoms with Crippen molar-refractivity contribution < 1.29 is 4.79 Å². The molecule has 0 amide bonds. The average Bonchev–Trinajstić information content (AvgIpc) is 2.22. The van der Waals surface area contributed by atoms with E-state index in [1.807, 2.05) is 0 Å². The van der Waals surface area contributed by atoms with E-state index in [-0.39, 0.29) is 5.78 Å². The molecule has 0 saturated carbocycles. The van der Waals surface area contributed by atoms with E-state index in [1.54, 1.807) is 18.2 Å². The molecule has 1 aromatic rings. The first-order valence-electron chi connectivity index (χ1n) is 5.25. The first kappa shape index (κ1) is 12.0. The lowest BCUT2D eigenvalue weighted by molar-refractivity contribution is 0.0979. The Kier molecular flexibility index (Phi) is 4.56. The Morgan fingerprint density at radius 3 is 2.73 bits per heavy atom. The minimum atomic E-state index is 0.158. The zero-order valence-electron chi connectivity index (χ0n) is 8.95. The number of nitrogen functional groups attached to an aromatic ring is 1. The Morgan fingerprint density at radius 2 is 2.13 bits per heavy atom. The van der Waals surface area contributed by atoms with E-state index in [4.69, 9.17) is 18.4 Å². The molecular weight excluding hydrogens is 206 g/mol. The lowest BCUT2D eigenvalue weighted by Crippen LogP contribution is -2.00. The normalized spacial score (nSPS) is 10.2. The molecule has 1 radical (unpaired) electrons. The summed E-state index contributed by atoms with van der Waals surface area (Å²) in [6, 6.07) is 5.15. The van der Waals surface area contributed by atoms with Crippen molar-refractivity contribution in [3.8, 4) is 0 Å². The number of unbranched alkanes of at least 4 members (excludes halogenated alkanes) is 2. The van der Waals surface area contributed by atoms with Crippen molar-refractivity contribution in [2.24, 2.45) is 0 Å². The Balaban J connectivity index is 2.62. The van der Waals surface area contributed by atoms with Crippen LogP contribution in [0.4, 0.5) is 5.69 Å². The highest BCUT2D eigenvalue weighted by atomic mass is 32.1. The highest BCUT2D eigenvalue weighted by molar-refractivity contribution is 7.80. The van der Waals surface area contributed by atoms with Gasteiger partial charge in [-0.1, -0.05) is 32.4 Å². The molecule has 1 rings (SSSR count). The molecule has 0 spiro atoms. The van der Waals surface area contributed by atoms with Gasteiger partial charge in [-0.15, -0.1) is 0 Å². The van der Waals surface area contributed by atoms with Crippen molar-refractivity contribution in [3.63, 3.8) is 0 Å². The number of rotatable bonds is 5. The van der Waals surface area contributed by atoms with Gasteiger partial charge in [0.15, 0.2) is 5.78 Å². The molecule has 0 fully saturated rings. The molecule has 0 heterocycles. The minimum Gasteiger partial charge on any atom is -0.398 e. The molecule has 0 aliphatic heterocycles. The van der Waals surface area contributed by atoms with E-state index in [1.165, 1.54) is 0 Å². The van der Waals surface area contributed by atoms with Crippen LogP contribution in [0.3, 0.4) is 0 Å². The summed E-state index contributed by atoms with van der Waals surface area (Å²) < 4.78 is 0. The Morgan fingerprint density at radius 1 is 1.40 bits per heavy atom. The summed E-state index contributed by atoms with van der Waals surface area (Å²) in [6.45, 7) is 2.12. The van der Waals surface area contributed by atoms with E-state index >= 15 is 0 Å². The molecule has 3 heteroatoms. The number of ketones is 1. The van der Waals surface area contributed by atoms with Crippen LogP contribution in [-0.4, -0.2) is 5.78 Å². The van der Waals surface area contributed by atoms with Gasteiger partial charge in [-0.25, -0.2) is 0 Å². The summed E-state index contributed by atoms with van der Waals surface area (Å²) in [5, 5.41) is 0. The fraction of sp³-hybridized carbons (Fsp3) is 0.417. The van der Waals surface area contributed by atoms with Gasteiger partial charge in [-0.05, 0) is 24.6 Å². The van der Waals surface area contributed by atoms with E-state index in [0.717, 1.165) is 19.3 Å². The van der Waals surface area contributed by atoms with E-state index in [0.29, 0.717) is 22.6 Å². The van der Waals surface area contributed by atoms with Gasteiger partial charge in [0, 0.05) is 12.0 Å². The number of nitrogens with two attached hydrogens (primary N) is 1. The highest BCUT2D eigenvalue weighted by Crippen LogP contribution is 2.19. The van der Waals surface area contributed by atoms with E-state index < -0.39 is 0 Å². The number of Topliss-reactive ketones (excluding diaryl/α,β-unsaturated/α-hetero) is 1. The van der Waals surface area contributed by atoms with Gasteiger partial charge in [-0.3, -0.25) is 4.79 Å². The van der Waals surface area contributed by atoms with Gasteiger partial charge >= 0.3 is 0 Å². The van der Waals surface area contributed by atoms with Crippen molar-refractivity contribution in [1.29, 1.82) is 0 Å². The second-order valence-corrected chi connectivity index (χ2v) is 4.07. The van der Waals surface area contributed by atoms with Crippen LogP contribution in [-0.2, 0) is 0 Å². The van der Waals surface area contributed by atoms with Gasteiger partial charge in [0.1, 0.15) is 0 Å². The topological polar surface area (TPSA) is 43.1 Å². The van der Waals surface area contributed by atoms with Gasteiger partial charge in [0.2, 0.25) is 0 Å². The number of benzene rings is 1. The second kappa shape index (κ2) is 5.71. The van der Waals surface area contributed by atoms with Crippen LogP contribution in [0.1, 0.15) is 43.0 Å². The van der Waals surface area contributed by atoms with Crippen molar-refractivity contribution >= 4 is 24.1 Å². The number of anilines is 1. The predicted molar refractivity (Wildman–Crippen MR) is 65.2 cm³/mol. The molecule has 0 atom stereocenters. The summed E-state index contributed by atoms with van der Waals surface area (Å²) >= 11 is 4.97. The second-order valence-electron chi connectivity index (χ2n) is 3.63. The van der Waals surface area contributed by atoms with Crippen LogP contribution in [0.15, 0.2) is 23.1 Å². The molecule has 0 bridgehead atoms. The molecule has 1 aromatic carbocycles. The maximum absolute atomic E-state index is 11.7. The molecule has 15 heavy (non-hydrogen) atoms. The molecule has 81 valence electrons. The molecule has 0 unspecified atom stereocenters. The smallest absolute Gasteiger partial charge is 0.162 e. The number of hydrogen-bond acceptors (Lipinski definition) is 2. The van der Waals surface area contributed by atoms with E-state index in [2.05, 4.69) is 6.92 Å². The SMILES string of the molecule is CCCCCC(=O)c1ccc([S])c(N)c1. The summed E-state index contributed by atoms with van der Waals surface area (Å²) in [5.74, 6) is 0.158. The monoisotopic (exact) mass is 222 g/mol. The molecule has 2 nitrogen and oxygen atoms in total. The van der Waals surface area contributed by atoms with Gasteiger partial charge < -0.3 is 5.73 Å². The zero-order chi connectivity index (χ0) is 11.3. The maximum Gasteiger partial charge on any atom is 0.162 e. The third kappa shape index (κ3) is 3.51. The van der Waals surface area contributed by atoms with Gasteiger partial charge in [0.05, 0.1) is 10.6 Å². The van der Waals surface area contributed by atoms with Gasteiger partial charge in [-0.2, -0.15) is 0 Å². The summed E-state index contributed by atoms with van der Waals surface area (Å²) in [5.41, 5.74) is 6.85. The lowest BCUT2D eigenvalue weighted by atomic mass is 10.0. The first-order valence-corrected chi connectivity index (χ1v) is 5.65. The highest BCUT2D eigenvalue weighted by Gasteiger charge is 2.06. The van der Waals surface area contributed by atoms with Crippen molar-refractivity contribution in [2.45, 2.75) is 37.5 Å². The van der Waals surface area contributed by atoms with Crippen LogP contribution in [0, 0.1) is 0 Å². The van der Waals surface area contributed by atoms with Crippen LogP contribution in [0.2, 0.25) is 0 Å². The molecule has 0 saturated heterocycles. The number of carbonyl (C=O) groups excluding carboxylic acids is 1. The fourth-order valence-electron chi connectivity index (χ4n) is 1.40. The average molecular weight is 222 g/mol. The molecule has 2 N–H and O–H groups in total. The summed E-state index contributed by atoms with van der Waals surface area (Å²) in [7, 11) is 0. The molecule has 0 aromatic heterocycles. The van der Waals surface area contributed by atoms with Crippen LogP contribution >= 0.6 is 12.6 Å². The Hall–Kier alpha value is -1.09. The Bertz CT molecular complexity index is 349. The zero-order valence-corrected chi connectivity index (χ0v) is 9.77. The Labute approximate surface area is 96.3 Å². The van der Waals surface area contributed by atoms with Crippen molar-refractivity contribution in [1.82, 2.24) is 0 Å². The fourth-order valence-corrected chi connectivity index (χ4v) is 1.53. The van der Waals surface area contributed by atoms with Crippen LogP contribution < -0.4 is 5.73 Å². The first-order chi connectivity index (χ1) is 7.15. The van der Waals surface area contributed by atoms with Gasteiger partial charge in [0.25, 0.3) is 0 Å². The van der Waals surface area contributed by atoms with E-state index in [9.17, 15) is 4.79 Å². The minimum absolute atomic E-state index is 0.158. The van der Waals surface area contributed by atoms with Crippen LogP contribution in [0.5, 0.6) is 0 Å². The predicted octanol–water partition coefficient (Wildman–Crippen LogP) is 3.59. The molecule has 0 aliphatic carbocycles. The third-order valence-electron chi connectivity index (χ3n) is 2.34. The number of carbonyl (C=O) groups is 1. The van der Waals surface area contributed by atoms with Crippen LogP contribution in [0.25, 0.3) is 0 Å². The van der Waals surface area contributed by atoms with Crippen molar-refractivity contribution in [2.75, 3.05) is 5.73 Å². The van der Waals surface area contributed by atoms with Crippen molar-refractivity contribution in [3.05, 3.63) is 23.8 Å². The lowest BCUT2D eigenvalue weighted by Gasteiger charge is -2.03. The largest absolute Gasteiger partial charge is 0.398 e.